The number of halogens is 2. The smallest absolute Gasteiger partial charge is 0.195 e. The molecule has 0 radical (unpaired) electrons. The van der Waals surface area contributed by atoms with Crippen LogP contribution in [0.1, 0.15) is 52.2 Å². The normalized spacial score (nSPS) is 15.7. The first-order valence-electron chi connectivity index (χ1n) is 9.44. The van der Waals surface area contributed by atoms with Crippen LogP contribution in [-0.4, -0.2) is 20.0 Å². The third-order valence-corrected chi connectivity index (χ3v) is 4.56. The molecule has 0 spiro atoms. The van der Waals surface area contributed by atoms with Crippen LogP contribution in [0.4, 0.5) is 8.78 Å². The lowest BCUT2D eigenvalue weighted by Crippen LogP contribution is -2.18. The molecule has 3 nitrogen and oxygen atoms in total. The summed E-state index contributed by atoms with van der Waals surface area (Å²) in [7, 11) is 1.31. The highest BCUT2D eigenvalue weighted by Gasteiger charge is 2.19. The quantitative estimate of drug-likeness (QED) is 0.257. The number of benzene rings is 1. The molecule has 0 heterocycles. The van der Waals surface area contributed by atoms with Gasteiger partial charge in [-0.15, -0.1) is 0 Å². The Hall–Kier alpha value is -1.72. The summed E-state index contributed by atoms with van der Waals surface area (Å²) in [5, 5.41) is 0. The predicted octanol–water partition coefficient (Wildman–Crippen LogP) is 6.25. The fourth-order valence-electron chi connectivity index (χ4n) is 2.62. The molecular weight excluding hydrogens is 350 g/mol. The SMILES string of the molecule is CC/C(=C(F)\C(F)=C(/C)OC)C(C)COC(C)OCc1ccc(CC)cc1. The lowest BCUT2D eigenvalue weighted by molar-refractivity contribution is -0.142. The van der Waals surface area contributed by atoms with Crippen molar-refractivity contribution in [3.63, 3.8) is 0 Å². The summed E-state index contributed by atoms with van der Waals surface area (Å²) >= 11 is 0. The Kier molecular flexibility index (Phi) is 10.3. The van der Waals surface area contributed by atoms with Crippen molar-refractivity contribution in [3.05, 3.63) is 58.4 Å². The molecular formula is C22H32F2O3. The van der Waals surface area contributed by atoms with Crippen molar-refractivity contribution in [1.82, 2.24) is 0 Å². The molecule has 0 fully saturated rings. The largest absolute Gasteiger partial charge is 0.498 e. The van der Waals surface area contributed by atoms with Crippen molar-refractivity contribution in [2.45, 2.75) is 60.4 Å². The van der Waals surface area contributed by atoms with Crippen LogP contribution in [0.25, 0.3) is 0 Å². The second kappa shape index (κ2) is 11.9. The second-order valence-electron chi connectivity index (χ2n) is 6.55. The number of aryl methyl sites for hydroxylation is 1. The lowest BCUT2D eigenvalue weighted by atomic mass is 9.98. The van der Waals surface area contributed by atoms with Gasteiger partial charge in [-0.2, -0.15) is 0 Å². The van der Waals surface area contributed by atoms with Gasteiger partial charge in [0.25, 0.3) is 0 Å². The molecule has 0 aliphatic carbocycles. The van der Waals surface area contributed by atoms with E-state index in [9.17, 15) is 8.78 Å². The summed E-state index contributed by atoms with van der Waals surface area (Å²) in [6, 6.07) is 8.23. The summed E-state index contributed by atoms with van der Waals surface area (Å²) in [6.45, 7) is 9.59. The molecule has 5 heteroatoms. The monoisotopic (exact) mass is 382 g/mol. The van der Waals surface area contributed by atoms with E-state index in [1.54, 1.807) is 13.8 Å². The average Bonchev–Trinajstić information content (AvgIpc) is 2.70. The molecule has 27 heavy (non-hydrogen) atoms. The maximum Gasteiger partial charge on any atom is 0.195 e. The summed E-state index contributed by atoms with van der Waals surface area (Å²) in [6.07, 6.45) is 0.947. The number of hydrogen-bond acceptors (Lipinski definition) is 3. The number of allylic oxidation sites excluding steroid dienone is 3. The van der Waals surface area contributed by atoms with Crippen molar-refractivity contribution in [2.24, 2.45) is 5.92 Å². The van der Waals surface area contributed by atoms with Gasteiger partial charge in [0.15, 0.2) is 17.9 Å². The zero-order chi connectivity index (χ0) is 20.4. The van der Waals surface area contributed by atoms with E-state index in [1.165, 1.54) is 19.6 Å². The zero-order valence-corrected chi connectivity index (χ0v) is 17.3. The van der Waals surface area contributed by atoms with Crippen LogP contribution in [0.2, 0.25) is 0 Å². The Morgan fingerprint density at radius 2 is 1.56 bits per heavy atom. The van der Waals surface area contributed by atoms with Gasteiger partial charge in [-0.3, -0.25) is 0 Å². The highest BCUT2D eigenvalue weighted by molar-refractivity contribution is 5.28. The van der Waals surface area contributed by atoms with Crippen molar-refractivity contribution in [1.29, 1.82) is 0 Å². The minimum Gasteiger partial charge on any atom is -0.498 e. The van der Waals surface area contributed by atoms with E-state index in [2.05, 4.69) is 19.1 Å². The van der Waals surface area contributed by atoms with Crippen LogP contribution in [-0.2, 0) is 27.2 Å². The molecule has 0 aliphatic rings. The van der Waals surface area contributed by atoms with Crippen LogP contribution in [0.5, 0.6) is 0 Å². The van der Waals surface area contributed by atoms with Gasteiger partial charge in [-0.1, -0.05) is 45.0 Å². The Labute approximate surface area is 162 Å². The standard InChI is InChI=1S/C22H32F2O3/c1-7-18-9-11-19(12-10-18)14-27-17(5)26-13-15(3)20(8-2)22(24)21(23)16(4)25-6/h9-12,15,17H,7-8,13-14H2,1-6H3/b21-16-,22-20-. The first-order valence-corrected chi connectivity index (χ1v) is 9.44. The average molecular weight is 382 g/mol. The molecule has 2 unspecified atom stereocenters. The fourth-order valence-corrected chi connectivity index (χ4v) is 2.62. The number of methoxy groups -OCH3 is 1. The van der Waals surface area contributed by atoms with Crippen molar-refractivity contribution in [2.75, 3.05) is 13.7 Å². The van der Waals surface area contributed by atoms with Crippen LogP contribution in [0, 0.1) is 5.92 Å². The van der Waals surface area contributed by atoms with E-state index in [-0.39, 0.29) is 18.3 Å². The molecule has 152 valence electrons. The number of ether oxygens (including phenoxy) is 3. The molecule has 1 aromatic rings. The van der Waals surface area contributed by atoms with E-state index in [0.29, 0.717) is 18.6 Å². The van der Waals surface area contributed by atoms with Crippen LogP contribution in [0.15, 0.2) is 47.3 Å². The van der Waals surface area contributed by atoms with E-state index in [4.69, 9.17) is 14.2 Å². The summed E-state index contributed by atoms with van der Waals surface area (Å²) < 4.78 is 44.5. The molecule has 1 aromatic carbocycles. The van der Waals surface area contributed by atoms with Gasteiger partial charge in [0.2, 0.25) is 0 Å². The summed E-state index contributed by atoms with van der Waals surface area (Å²) in [5.41, 5.74) is 2.71. The van der Waals surface area contributed by atoms with E-state index in [1.807, 2.05) is 19.1 Å². The molecule has 0 saturated heterocycles. The van der Waals surface area contributed by atoms with Gasteiger partial charge in [-0.05, 0) is 43.4 Å². The molecule has 2 atom stereocenters. The van der Waals surface area contributed by atoms with Gasteiger partial charge >= 0.3 is 0 Å². The van der Waals surface area contributed by atoms with Crippen molar-refractivity contribution >= 4 is 0 Å². The highest BCUT2D eigenvalue weighted by Crippen LogP contribution is 2.28. The zero-order valence-electron chi connectivity index (χ0n) is 17.3. The molecule has 1 rings (SSSR count). The first-order chi connectivity index (χ1) is 12.8. The first kappa shape index (κ1) is 23.3. The van der Waals surface area contributed by atoms with Crippen molar-refractivity contribution < 1.29 is 23.0 Å². The Morgan fingerprint density at radius 3 is 2.07 bits per heavy atom. The van der Waals surface area contributed by atoms with Gasteiger partial charge < -0.3 is 14.2 Å². The highest BCUT2D eigenvalue weighted by atomic mass is 19.2. The maximum atomic E-state index is 14.4. The predicted molar refractivity (Wildman–Crippen MR) is 104 cm³/mol. The molecule has 0 saturated carbocycles. The molecule has 0 aromatic heterocycles. The fraction of sp³-hybridized carbons (Fsp3) is 0.545. The third kappa shape index (κ3) is 7.43. The van der Waals surface area contributed by atoms with Crippen LogP contribution < -0.4 is 0 Å². The van der Waals surface area contributed by atoms with E-state index in [0.717, 1.165) is 12.0 Å². The number of rotatable bonds is 11. The lowest BCUT2D eigenvalue weighted by Gasteiger charge is -2.20. The van der Waals surface area contributed by atoms with Gasteiger partial charge in [0, 0.05) is 5.92 Å². The Morgan fingerprint density at radius 1 is 0.963 bits per heavy atom. The van der Waals surface area contributed by atoms with E-state index >= 15 is 0 Å². The minimum atomic E-state index is -0.957. The van der Waals surface area contributed by atoms with Gasteiger partial charge in [-0.25, -0.2) is 8.78 Å². The molecule has 0 N–H and O–H groups in total. The Balaban J connectivity index is 2.58. The van der Waals surface area contributed by atoms with E-state index < -0.39 is 17.9 Å². The molecule has 0 amide bonds. The minimum absolute atomic E-state index is 0.0719. The van der Waals surface area contributed by atoms with Gasteiger partial charge in [0.1, 0.15) is 5.76 Å². The number of hydrogen-bond donors (Lipinski definition) is 0. The summed E-state index contributed by atoms with van der Waals surface area (Å²) in [5.74, 6) is -2.17. The van der Waals surface area contributed by atoms with Crippen LogP contribution >= 0.6 is 0 Å². The topological polar surface area (TPSA) is 27.7 Å². The van der Waals surface area contributed by atoms with Crippen molar-refractivity contribution in [3.8, 4) is 0 Å². The Bertz CT molecular complexity index is 635. The maximum absolute atomic E-state index is 14.4. The molecule has 0 aliphatic heterocycles. The van der Waals surface area contributed by atoms with Crippen LogP contribution in [0.3, 0.4) is 0 Å². The third-order valence-electron chi connectivity index (χ3n) is 4.56. The summed E-state index contributed by atoms with van der Waals surface area (Å²) in [4.78, 5) is 0. The molecule has 0 bridgehead atoms. The second-order valence-corrected chi connectivity index (χ2v) is 6.55. The van der Waals surface area contributed by atoms with Gasteiger partial charge in [0.05, 0.1) is 20.3 Å².